The number of hydrogen-bond donors (Lipinski definition) is 0. The molecule has 50 heavy (non-hydrogen) atoms. The fraction of sp³-hybridized carbons (Fsp3) is 0.0465. The minimum absolute atomic E-state index is 0.346. The van der Waals surface area contributed by atoms with Crippen LogP contribution in [-0.4, -0.2) is 4.98 Å². The summed E-state index contributed by atoms with van der Waals surface area (Å²) in [4.78, 5) is 4.38. The second kappa shape index (κ2) is 21.7. The third-order valence-electron chi connectivity index (χ3n) is 7.88. The van der Waals surface area contributed by atoms with Crippen molar-refractivity contribution in [2.45, 2.75) is 13.1 Å². The van der Waals surface area contributed by atoms with Crippen LogP contribution in [-0.2, 0) is 28.2 Å². The van der Waals surface area contributed by atoms with Gasteiger partial charge in [0.1, 0.15) is 31.8 Å². The molecule has 0 saturated heterocycles. The average Bonchev–Trinajstić information content (AvgIpc) is 3.19. The Morgan fingerprint density at radius 3 is 1.18 bits per heavy atom. The maximum atomic E-state index is 4.85. The quantitative estimate of drug-likeness (QED) is 0.100. The Bertz CT molecular complexity index is 1790. The van der Waals surface area contributed by atoms with Crippen LogP contribution in [0.1, 0.15) is 11.3 Å². The number of pyridine rings is 1. The molecule has 0 saturated carbocycles. The van der Waals surface area contributed by atoms with Gasteiger partial charge in [0.05, 0.1) is 15.8 Å². The van der Waals surface area contributed by atoms with Crippen molar-refractivity contribution >= 4 is 67.1 Å². The maximum absolute atomic E-state index is 4.85. The van der Waals surface area contributed by atoms with Gasteiger partial charge in [0, 0.05) is 11.9 Å². The van der Waals surface area contributed by atoms with E-state index < -0.39 is 15.8 Å². The van der Waals surface area contributed by atoms with E-state index in [0.29, 0.717) is 13.1 Å². The first-order valence-electron chi connectivity index (χ1n) is 16.3. The fourth-order valence-electron chi connectivity index (χ4n) is 5.69. The summed E-state index contributed by atoms with van der Waals surface area (Å²) < 4.78 is 0. The Balaban J connectivity index is 0.000000192. The van der Waals surface area contributed by atoms with Gasteiger partial charge in [-0.3, -0.25) is 4.98 Å². The van der Waals surface area contributed by atoms with Crippen molar-refractivity contribution < 1.29 is 15.1 Å². The third-order valence-corrected chi connectivity index (χ3v) is 13.5. The van der Waals surface area contributed by atoms with Crippen LogP contribution in [0.25, 0.3) is 5.32 Å². The third kappa shape index (κ3) is 11.5. The fourth-order valence-corrected chi connectivity index (χ4v) is 11.0. The molecule has 0 aliphatic rings. The van der Waals surface area contributed by atoms with Crippen molar-refractivity contribution in [3.8, 4) is 0 Å². The number of benzene rings is 6. The molecule has 0 atom stereocenters. The van der Waals surface area contributed by atoms with E-state index in [1.807, 2.05) is 24.4 Å². The zero-order valence-corrected chi connectivity index (χ0v) is 32.7. The molecule has 7 rings (SSSR count). The van der Waals surface area contributed by atoms with Crippen molar-refractivity contribution in [2.75, 3.05) is 0 Å². The summed E-state index contributed by atoms with van der Waals surface area (Å²) in [6, 6.07) is 69.0. The molecule has 0 unspecified atom stereocenters. The van der Waals surface area contributed by atoms with Crippen LogP contribution >= 0.6 is 35.2 Å². The van der Waals surface area contributed by atoms with E-state index >= 15 is 0 Å². The van der Waals surface area contributed by atoms with E-state index in [2.05, 4.69) is 181 Å². The van der Waals surface area contributed by atoms with Crippen LogP contribution in [0, 0.1) is 0 Å². The molecular formula is C43H39Cl2N2P2Ru+. The van der Waals surface area contributed by atoms with Gasteiger partial charge in [-0.15, -0.1) is 13.1 Å². The first-order chi connectivity index (χ1) is 24.8. The summed E-state index contributed by atoms with van der Waals surface area (Å²) in [5, 5.41) is 13.3. The van der Waals surface area contributed by atoms with E-state index in [1.54, 1.807) is 0 Å². The number of hydrogen-bond acceptors (Lipinski definition) is 1. The van der Waals surface area contributed by atoms with Crippen LogP contribution < -0.4 is 31.8 Å². The van der Waals surface area contributed by atoms with E-state index in [1.165, 1.54) is 37.4 Å². The molecule has 0 N–H and O–H groups in total. The van der Waals surface area contributed by atoms with Crippen molar-refractivity contribution in [2.24, 2.45) is 0 Å². The first kappa shape index (κ1) is 37.7. The zero-order chi connectivity index (χ0) is 34.6. The second-order valence-electron chi connectivity index (χ2n) is 11.1. The summed E-state index contributed by atoms with van der Waals surface area (Å²) in [6.07, 6.45) is 1.82. The van der Waals surface area contributed by atoms with E-state index in [9.17, 15) is 0 Å². The average molecular weight is 818 g/mol. The van der Waals surface area contributed by atoms with Gasteiger partial charge in [0.25, 0.3) is 0 Å². The largest absolute Gasteiger partial charge is 0.653 e. The van der Waals surface area contributed by atoms with E-state index in [-0.39, 0.29) is 15.1 Å². The zero-order valence-electron chi connectivity index (χ0n) is 27.5. The molecule has 0 spiro atoms. The monoisotopic (exact) mass is 817 g/mol. The summed E-state index contributed by atoms with van der Waals surface area (Å²) in [5.74, 6) is 0. The van der Waals surface area contributed by atoms with Crippen LogP contribution in [0.3, 0.4) is 0 Å². The minimum Gasteiger partial charge on any atom is -0.653 e. The standard InChI is InChI=1S/C25H22N2P.C18H15P.2ClH.Ru/c1-3-13-23(14-4-1)28(24-15-5-2-6-16-24)25-17-8-7-11-21(25)19-26-20-22-12-9-10-18-27-22;1-4-10-16(11-5-1)19(17-12-6-2-7-13-17)18-14-8-3-9-15-18;;;/h1-18H,19-20H2;1-15H;2*1H;/q-1;;;;+2. The van der Waals surface area contributed by atoms with Gasteiger partial charge in [-0.25, -0.2) is 0 Å². The number of nitrogens with zero attached hydrogens (tertiary/aromatic N) is 2. The minimum atomic E-state index is -1.08. The Morgan fingerprint density at radius 1 is 0.420 bits per heavy atom. The van der Waals surface area contributed by atoms with Gasteiger partial charge in [-0.05, 0) is 84.4 Å². The molecule has 2 nitrogen and oxygen atoms in total. The Hall–Kier alpha value is -3.51. The van der Waals surface area contributed by atoms with Crippen molar-refractivity contribution in [1.29, 1.82) is 0 Å². The number of aromatic nitrogens is 1. The molecule has 0 bridgehead atoms. The molecule has 7 aromatic rings. The normalized spacial score (nSPS) is 10.6. The summed E-state index contributed by atoms with van der Waals surface area (Å²) in [5.41, 5.74) is 2.32. The predicted molar refractivity (Wildman–Crippen MR) is 220 cm³/mol. The molecule has 6 aromatic carbocycles. The van der Waals surface area contributed by atoms with E-state index in [0.717, 1.165) is 5.69 Å². The smallest absolute Gasteiger partial charge is 0.103 e. The van der Waals surface area contributed by atoms with Gasteiger partial charge in [0.15, 0.2) is 0 Å². The Labute approximate surface area is 315 Å². The SMILES string of the molecule is [Cl][Ru][Cl].c1ccc([PH+](c2ccccc2)c2ccccc2)cc1.c1ccc([PH+](c2ccccc2)c2ccccc2C[N-]Cc2ccccn2)cc1. The Kier molecular flexibility index (Phi) is 16.3. The van der Waals surface area contributed by atoms with Gasteiger partial charge in [-0.1, -0.05) is 115 Å². The van der Waals surface area contributed by atoms with E-state index in [4.69, 9.17) is 24.7 Å². The topological polar surface area (TPSA) is 27.0 Å². The molecule has 0 fully saturated rings. The molecule has 0 amide bonds. The van der Waals surface area contributed by atoms with Crippen molar-refractivity contribution in [3.63, 3.8) is 0 Å². The van der Waals surface area contributed by atoms with Gasteiger partial charge < -0.3 is 5.32 Å². The van der Waals surface area contributed by atoms with Crippen molar-refractivity contribution in [1.82, 2.24) is 4.98 Å². The van der Waals surface area contributed by atoms with Crippen LogP contribution in [0.15, 0.2) is 200 Å². The Morgan fingerprint density at radius 2 is 0.780 bits per heavy atom. The molecule has 0 aliphatic heterocycles. The molecule has 0 radical (unpaired) electrons. The maximum Gasteiger partial charge on any atom is 0.103 e. The summed E-state index contributed by atoms with van der Waals surface area (Å²) >= 11 is -0.346. The molecule has 1 aromatic heterocycles. The summed E-state index contributed by atoms with van der Waals surface area (Å²) in [7, 11) is 7.75. The van der Waals surface area contributed by atoms with Gasteiger partial charge in [-0.2, -0.15) is 0 Å². The number of rotatable bonds is 10. The molecule has 0 aliphatic carbocycles. The first-order valence-corrected chi connectivity index (χ1v) is 23.7. The molecule has 7 heteroatoms. The molecular weight excluding hydrogens is 778 g/mol. The predicted octanol–water partition coefficient (Wildman–Crippen LogP) is 9.20. The van der Waals surface area contributed by atoms with Gasteiger partial charge in [0.2, 0.25) is 0 Å². The van der Waals surface area contributed by atoms with Crippen molar-refractivity contribution in [3.05, 3.63) is 217 Å². The van der Waals surface area contributed by atoms with Crippen LogP contribution in [0.4, 0.5) is 0 Å². The molecule has 252 valence electrons. The second-order valence-corrected chi connectivity index (χ2v) is 18.7. The van der Waals surface area contributed by atoms with Crippen LogP contribution in [0.5, 0.6) is 0 Å². The molecule has 1 heterocycles. The summed E-state index contributed by atoms with van der Waals surface area (Å²) in [6.45, 7) is 1.36. The van der Waals surface area contributed by atoms with Gasteiger partial charge >= 0.3 is 34.5 Å². The van der Waals surface area contributed by atoms with Crippen LogP contribution in [0.2, 0.25) is 0 Å². The number of halogens is 2.